The number of nitrogens with zero attached hydrogens (tertiary/aromatic N) is 4. The van der Waals surface area contributed by atoms with Gasteiger partial charge in [0.15, 0.2) is 0 Å². The van der Waals surface area contributed by atoms with E-state index in [9.17, 15) is 14.9 Å². The fourth-order valence-corrected chi connectivity index (χ4v) is 2.51. The molecule has 148 valence electrons. The molecule has 2 heterocycles. The van der Waals surface area contributed by atoms with Gasteiger partial charge >= 0.3 is 11.7 Å². The number of anilines is 4. The summed E-state index contributed by atoms with van der Waals surface area (Å²) in [5.41, 5.74) is 1.32. The van der Waals surface area contributed by atoms with Gasteiger partial charge in [0.2, 0.25) is 11.6 Å². The Morgan fingerprint density at radius 1 is 1.10 bits per heavy atom. The molecule has 0 fully saturated rings. The molecule has 0 spiro atoms. The summed E-state index contributed by atoms with van der Waals surface area (Å²) in [6.07, 6.45) is 1.21. The number of carbonyl (C=O) groups is 1. The Morgan fingerprint density at radius 3 is 2.41 bits per heavy atom. The van der Waals surface area contributed by atoms with Gasteiger partial charge in [-0.25, -0.2) is 19.7 Å². The van der Waals surface area contributed by atoms with Gasteiger partial charge in [-0.1, -0.05) is 6.07 Å². The molecule has 0 aliphatic heterocycles. The molecule has 0 atom stereocenters. The molecular formula is C19H18N6O4. The van der Waals surface area contributed by atoms with E-state index in [0.717, 1.165) is 5.69 Å². The highest BCUT2D eigenvalue weighted by molar-refractivity contribution is 5.90. The van der Waals surface area contributed by atoms with Crippen molar-refractivity contribution >= 4 is 34.8 Å². The lowest BCUT2D eigenvalue weighted by Gasteiger charge is -2.10. The molecule has 10 heteroatoms. The van der Waals surface area contributed by atoms with Crippen LogP contribution in [0.15, 0.2) is 48.8 Å². The van der Waals surface area contributed by atoms with Crippen LogP contribution < -0.4 is 10.6 Å². The van der Waals surface area contributed by atoms with E-state index in [4.69, 9.17) is 4.74 Å². The predicted octanol–water partition coefficient (Wildman–Crippen LogP) is 3.75. The van der Waals surface area contributed by atoms with Crippen LogP contribution in [0.2, 0.25) is 0 Å². The third kappa shape index (κ3) is 4.80. The zero-order valence-electron chi connectivity index (χ0n) is 15.7. The summed E-state index contributed by atoms with van der Waals surface area (Å²) in [5.74, 6) is -0.00136. The van der Waals surface area contributed by atoms with Crippen molar-refractivity contribution < 1.29 is 14.5 Å². The van der Waals surface area contributed by atoms with Crippen molar-refractivity contribution in [2.45, 2.75) is 13.8 Å². The molecule has 10 nitrogen and oxygen atoms in total. The zero-order valence-corrected chi connectivity index (χ0v) is 15.7. The van der Waals surface area contributed by atoms with Gasteiger partial charge in [-0.15, -0.1) is 0 Å². The van der Waals surface area contributed by atoms with Crippen molar-refractivity contribution in [3.05, 3.63) is 70.2 Å². The molecule has 0 bridgehead atoms. The molecule has 2 aromatic heterocycles. The predicted molar refractivity (Wildman–Crippen MR) is 107 cm³/mol. The molecule has 0 saturated heterocycles. The maximum absolute atomic E-state index is 11.7. The van der Waals surface area contributed by atoms with Crippen LogP contribution in [0, 0.1) is 17.0 Å². The van der Waals surface area contributed by atoms with Gasteiger partial charge in [-0.2, -0.15) is 0 Å². The summed E-state index contributed by atoms with van der Waals surface area (Å²) in [6.45, 7) is 3.81. The first-order valence-corrected chi connectivity index (χ1v) is 8.72. The number of esters is 1. The molecule has 0 saturated carbocycles. The topological polar surface area (TPSA) is 132 Å². The Labute approximate surface area is 166 Å². The largest absolute Gasteiger partial charge is 0.462 e. The number of nitrogens with one attached hydrogen (secondary N) is 2. The fraction of sp³-hybridized carbons (Fsp3) is 0.158. The number of benzene rings is 1. The van der Waals surface area contributed by atoms with Gasteiger partial charge in [0.25, 0.3) is 0 Å². The van der Waals surface area contributed by atoms with Gasteiger partial charge in [0.05, 0.1) is 17.1 Å². The van der Waals surface area contributed by atoms with E-state index in [1.54, 1.807) is 43.3 Å². The van der Waals surface area contributed by atoms with E-state index in [-0.39, 0.29) is 23.9 Å². The number of pyridine rings is 1. The van der Waals surface area contributed by atoms with Crippen molar-refractivity contribution in [3.63, 3.8) is 0 Å². The minimum atomic E-state index is -0.576. The molecule has 3 aromatic rings. The Hall–Kier alpha value is -4.08. The van der Waals surface area contributed by atoms with E-state index in [1.165, 1.54) is 6.33 Å². The second-order valence-corrected chi connectivity index (χ2v) is 5.89. The molecule has 0 aliphatic rings. The van der Waals surface area contributed by atoms with Crippen LogP contribution in [-0.2, 0) is 4.74 Å². The average molecular weight is 394 g/mol. The molecular weight excluding hydrogens is 376 g/mol. The van der Waals surface area contributed by atoms with Gasteiger partial charge in [-0.3, -0.25) is 10.1 Å². The van der Waals surface area contributed by atoms with Crippen LogP contribution >= 0.6 is 0 Å². The van der Waals surface area contributed by atoms with E-state index in [2.05, 4.69) is 25.6 Å². The fourth-order valence-electron chi connectivity index (χ4n) is 2.51. The summed E-state index contributed by atoms with van der Waals surface area (Å²) in [7, 11) is 0. The van der Waals surface area contributed by atoms with Crippen molar-refractivity contribution in [2.24, 2.45) is 0 Å². The molecule has 0 amide bonds. The second-order valence-electron chi connectivity index (χ2n) is 5.89. The van der Waals surface area contributed by atoms with E-state index in [0.29, 0.717) is 17.1 Å². The van der Waals surface area contributed by atoms with Crippen LogP contribution in [0.3, 0.4) is 0 Å². The Kier molecular flexibility index (Phi) is 5.93. The van der Waals surface area contributed by atoms with Gasteiger partial charge in [0.1, 0.15) is 12.1 Å². The van der Waals surface area contributed by atoms with Gasteiger partial charge in [-0.05, 0) is 50.2 Å². The minimum absolute atomic E-state index is 0.00374. The molecule has 29 heavy (non-hydrogen) atoms. The lowest BCUT2D eigenvalue weighted by molar-refractivity contribution is -0.383. The molecule has 1 aromatic carbocycles. The highest BCUT2D eigenvalue weighted by Crippen LogP contribution is 2.32. The standard InChI is InChI=1S/C19H18N6O4/c1-3-29-19(26)13-7-9-14(10-8-13)23-17-16(25(27)28)18(21-11-20-17)24-15-6-4-5-12(2)22-15/h4-11H,3H2,1-2H3,(H2,20,21,22,23,24). The first-order valence-electron chi connectivity index (χ1n) is 8.72. The smallest absolute Gasteiger partial charge is 0.353 e. The number of rotatable bonds is 7. The summed E-state index contributed by atoms with van der Waals surface area (Å²) in [4.78, 5) is 35.1. The van der Waals surface area contributed by atoms with E-state index < -0.39 is 10.9 Å². The Morgan fingerprint density at radius 2 is 1.79 bits per heavy atom. The number of aromatic nitrogens is 3. The number of hydrogen-bond acceptors (Lipinski definition) is 9. The van der Waals surface area contributed by atoms with Crippen LogP contribution in [0.4, 0.5) is 28.8 Å². The first kappa shape index (κ1) is 19.7. The number of nitro groups is 1. The maximum atomic E-state index is 11.7. The summed E-state index contributed by atoms with van der Waals surface area (Å²) in [6, 6.07) is 11.6. The maximum Gasteiger partial charge on any atom is 0.353 e. The molecule has 0 radical (unpaired) electrons. The molecule has 2 N–H and O–H groups in total. The zero-order chi connectivity index (χ0) is 20.8. The quantitative estimate of drug-likeness (QED) is 0.349. The number of aryl methyl sites for hydroxylation is 1. The Balaban J connectivity index is 1.87. The van der Waals surface area contributed by atoms with Crippen molar-refractivity contribution in [2.75, 3.05) is 17.2 Å². The third-order valence-electron chi connectivity index (χ3n) is 3.80. The van der Waals surface area contributed by atoms with Crippen molar-refractivity contribution in [1.29, 1.82) is 0 Å². The highest BCUT2D eigenvalue weighted by atomic mass is 16.6. The summed E-state index contributed by atoms with van der Waals surface area (Å²) < 4.78 is 4.93. The lowest BCUT2D eigenvalue weighted by Crippen LogP contribution is -2.07. The van der Waals surface area contributed by atoms with Crippen molar-refractivity contribution in [1.82, 2.24) is 15.0 Å². The number of carbonyl (C=O) groups excluding carboxylic acids is 1. The first-order chi connectivity index (χ1) is 14.0. The van der Waals surface area contributed by atoms with Gasteiger partial charge in [0, 0.05) is 11.4 Å². The third-order valence-corrected chi connectivity index (χ3v) is 3.80. The number of hydrogen-bond donors (Lipinski definition) is 2. The average Bonchev–Trinajstić information content (AvgIpc) is 2.68. The number of ether oxygens (including phenoxy) is 1. The van der Waals surface area contributed by atoms with Crippen molar-refractivity contribution in [3.8, 4) is 0 Å². The SMILES string of the molecule is CCOC(=O)c1ccc(Nc2ncnc(Nc3cccc(C)n3)c2[N+](=O)[O-])cc1. The van der Waals surface area contributed by atoms with E-state index in [1.807, 2.05) is 13.0 Å². The minimum Gasteiger partial charge on any atom is -0.462 e. The molecule has 3 rings (SSSR count). The Bertz CT molecular complexity index is 1040. The normalized spacial score (nSPS) is 10.3. The molecule has 0 aliphatic carbocycles. The summed E-state index contributed by atoms with van der Waals surface area (Å²) in [5, 5.41) is 17.4. The van der Waals surface area contributed by atoms with Crippen LogP contribution in [0.25, 0.3) is 0 Å². The van der Waals surface area contributed by atoms with E-state index >= 15 is 0 Å². The highest BCUT2D eigenvalue weighted by Gasteiger charge is 2.23. The monoisotopic (exact) mass is 394 g/mol. The van der Waals surface area contributed by atoms with Gasteiger partial charge < -0.3 is 15.4 Å². The van der Waals surface area contributed by atoms with Crippen LogP contribution in [-0.4, -0.2) is 32.5 Å². The lowest BCUT2D eigenvalue weighted by atomic mass is 10.2. The van der Waals surface area contributed by atoms with Crippen LogP contribution in [0.5, 0.6) is 0 Å². The summed E-state index contributed by atoms with van der Waals surface area (Å²) >= 11 is 0. The molecule has 0 unspecified atom stereocenters. The van der Waals surface area contributed by atoms with Crippen LogP contribution in [0.1, 0.15) is 23.0 Å². The second kappa shape index (κ2) is 8.74.